The van der Waals surface area contributed by atoms with Crippen LogP contribution in [0.1, 0.15) is 38.5 Å². The van der Waals surface area contributed by atoms with Gasteiger partial charge in [0, 0.05) is 12.6 Å². The molecule has 3 heteroatoms. The number of hydrogen-bond donors (Lipinski definition) is 1. The molecule has 100 valence electrons. The quantitative estimate of drug-likeness (QED) is 0.808. The van der Waals surface area contributed by atoms with Gasteiger partial charge in [-0.15, -0.1) is 0 Å². The maximum absolute atomic E-state index is 10.2. The highest BCUT2D eigenvalue weighted by Gasteiger charge is 2.27. The van der Waals surface area contributed by atoms with Gasteiger partial charge in [-0.3, -0.25) is 0 Å². The zero-order valence-corrected chi connectivity index (χ0v) is 11.4. The van der Waals surface area contributed by atoms with Crippen LogP contribution in [0.3, 0.4) is 0 Å². The summed E-state index contributed by atoms with van der Waals surface area (Å²) in [4.78, 5) is 4.80. The molecule has 1 heterocycles. The third-order valence-corrected chi connectivity index (χ3v) is 4.73. The number of likely N-dealkylation sites (tertiary alicyclic amines) is 1. The zero-order chi connectivity index (χ0) is 12.3. The first kappa shape index (κ1) is 13.3. The molecule has 1 N–H and O–H groups in total. The maximum Gasteiger partial charge on any atom is 0.0695 e. The van der Waals surface area contributed by atoms with Crippen molar-refractivity contribution in [2.75, 3.05) is 33.7 Å². The number of rotatable bonds is 4. The number of hydrogen-bond acceptors (Lipinski definition) is 3. The van der Waals surface area contributed by atoms with Crippen LogP contribution in [0.5, 0.6) is 0 Å². The van der Waals surface area contributed by atoms with Crippen molar-refractivity contribution in [1.29, 1.82) is 0 Å². The fraction of sp³-hybridized carbons (Fsp3) is 1.00. The largest absolute Gasteiger partial charge is 0.392 e. The van der Waals surface area contributed by atoms with Crippen LogP contribution in [0.2, 0.25) is 0 Å². The highest BCUT2D eigenvalue weighted by molar-refractivity contribution is 4.81. The van der Waals surface area contributed by atoms with Crippen molar-refractivity contribution in [1.82, 2.24) is 9.80 Å². The van der Waals surface area contributed by atoms with Crippen molar-refractivity contribution in [2.24, 2.45) is 5.92 Å². The number of piperidine rings is 1. The Hall–Kier alpha value is -0.120. The van der Waals surface area contributed by atoms with Crippen LogP contribution in [0.25, 0.3) is 0 Å². The molecule has 0 amide bonds. The van der Waals surface area contributed by atoms with E-state index in [-0.39, 0.29) is 6.10 Å². The summed E-state index contributed by atoms with van der Waals surface area (Å²) in [7, 11) is 4.39. The van der Waals surface area contributed by atoms with Crippen molar-refractivity contribution in [3.8, 4) is 0 Å². The molecule has 0 spiro atoms. The zero-order valence-electron chi connectivity index (χ0n) is 11.4. The lowest BCUT2D eigenvalue weighted by molar-refractivity contribution is 0.0463. The van der Waals surface area contributed by atoms with Crippen molar-refractivity contribution in [3.05, 3.63) is 0 Å². The molecule has 0 aromatic rings. The Labute approximate surface area is 106 Å². The van der Waals surface area contributed by atoms with E-state index in [4.69, 9.17) is 0 Å². The lowest BCUT2D eigenvalue weighted by Crippen LogP contribution is -2.45. The lowest BCUT2D eigenvalue weighted by atomic mass is 9.98. The first-order valence-corrected chi connectivity index (χ1v) is 7.23. The summed E-state index contributed by atoms with van der Waals surface area (Å²) in [6, 6.07) is 0.683. The van der Waals surface area contributed by atoms with Gasteiger partial charge in [0.25, 0.3) is 0 Å². The second kappa shape index (κ2) is 6.17. The van der Waals surface area contributed by atoms with Gasteiger partial charge >= 0.3 is 0 Å². The summed E-state index contributed by atoms with van der Waals surface area (Å²) < 4.78 is 0. The second-order valence-corrected chi connectivity index (χ2v) is 6.09. The summed E-state index contributed by atoms with van der Waals surface area (Å²) in [5.41, 5.74) is 0. The predicted molar refractivity (Wildman–Crippen MR) is 71.1 cm³/mol. The normalized spacial score (nSPS) is 26.8. The van der Waals surface area contributed by atoms with E-state index in [0.717, 1.165) is 6.54 Å². The topological polar surface area (TPSA) is 26.7 Å². The van der Waals surface area contributed by atoms with Gasteiger partial charge in [-0.1, -0.05) is 12.8 Å². The van der Waals surface area contributed by atoms with Crippen LogP contribution in [-0.4, -0.2) is 60.8 Å². The van der Waals surface area contributed by atoms with Crippen LogP contribution in [0.15, 0.2) is 0 Å². The number of aliphatic hydroxyl groups is 1. The fourth-order valence-electron chi connectivity index (χ4n) is 3.37. The summed E-state index contributed by atoms with van der Waals surface area (Å²) in [5, 5.41) is 10.2. The molecule has 0 aromatic heterocycles. The fourth-order valence-corrected chi connectivity index (χ4v) is 3.37. The van der Waals surface area contributed by atoms with Crippen LogP contribution in [0.4, 0.5) is 0 Å². The van der Waals surface area contributed by atoms with Crippen LogP contribution in [-0.2, 0) is 0 Å². The first-order valence-electron chi connectivity index (χ1n) is 7.23. The van der Waals surface area contributed by atoms with E-state index in [1.807, 2.05) is 0 Å². The second-order valence-electron chi connectivity index (χ2n) is 6.09. The Morgan fingerprint density at radius 3 is 2.35 bits per heavy atom. The first-order chi connectivity index (χ1) is 8.16. The smallest absolute Gasteiger partial charge is 0.0695 e. The summed E-state index contributed by atoms with van der Waals surface area (Å²) in [6.07, 6.45) is 7.53. The molecular formula is C14H28N2O. The van der Waals surface area contributed by atoms with Crippen molar-refractivity contribution in [3.63, 3.8) is 0 Å². The molecule has 1 saturated heterocycles. The molecule has 1 aliphatic carbocycles. The maximum atomic E-state index is 10.2. The van der Waals surface area contributed by atoms with Crippen LogP contribution >= 0.6 is 0 Å². The van der Waals surface area contributed by atoms with Gasteiger partial charge in [0.15, 0.2) is 0 Å². The monoisotopic (exact) mass is 240 g/mol. The molecule has 1 unspecified atom stereocenters. The molecule has 17 heavy (non-hydrogen) atoms. The average molecular weight is 240 g/mol. The molecule has 2 fully saturated rings. The predicted octanol–water partition coefficient (Wildman–Crippen LogP) is 1.56. The standard InChI is InChI=1S/C14H28N2O/c1-15-9-7-13(8-10-15)16(2)11-14(17)12-5-3-4-6-12/h12-14,17H,3-11H2,1-2H3. The minimum absolute atomic E-state index is 0.0952. The molecule has 0 bridgehead atoms. The molecule has 1 saturated carbocycles. The molecule has 3 nitrogen and oxygen atoms in total. The molecule has 0 radical (unpaired) electrons. The molecule has 2 rings (SSSR count). The minimum Gasteiger partial charge on any atom is -0.392 e. The van der Waals surface area contributed by atoms with Gasteiger partial charge < -0.3 is 14.9 Å². The van der Waals surface area contributed by atoms with E-state index in [1.165, 1.54) is 51.6 Å². The van der Waals surface area contributed by atoms with E-state index < -0.39 is 0 Å². The van der Waals surface area contributed by atoms with E-state index in [1.54, 1.807) is 0 Å². The molecule has 0 aromatic carbocycles. The Bertz CT molecular complexity index is 220. The van der Waals surface area contributed by atoms with Gasteiger partial charge in [-0.2, -0.15) is 0 Å². The van der Waals surface area contributed by atoms with Gasteiger partial charge in [0.05, 0.1) is 6.10 Å². The number of nitrogens with zero attached hydrogens (tertiary/aromatic N) is 2. The number of likely N-dealkylation sites (N-methyl/N-ethyl adjacent to an activating group) is 1. The molecule has 2 aliphatic rings. The van der Waals surface area contributed by atoms with Gasteiger partial charge in [-0.25, -0.2) is 0 Å². The Balaban J connectivity index is 1.73. The highest BCUT2D eigenvalue weighted by Crippen LogP contribution is 2.28. The summed E-state index contributed by atoms with van der Waals surface area (Å²) >= 11 is 0. The van der Waals surface area contributed by atoms with Gasteiger partial charge in [0.1, 0.15) is 0 Å². The average Bonchev–Trinajstić information content (AvgIpc) is 2.83. The Morgan fingerprint density at radius 2 is 1.76 bits per heavy atom. The van der Waals surface area contributed by atoms with Gasteiger partial charge in [-0.05, 0) is 58.8 Å². The molecule has 1 aliphatic heterocycles. The van der Waals surface area contributed by atoms with E-state index in [2.05, 4.69) is 23.9 Å². The third kappa shape index (κ3) is 3.67. The van der Waals surface area contributed by atoms with Crippen molar-refractivity contribution < 1.29 is 5.11 Å². The van der Waals surface area contributed by atoms with Crippen molar-refractivity contribution in [2.45, 2.75) is 50.7 Å². The molecule has 1 atom stereocenters. The van der Waals surface area contributed by atoms with E-state index in [9.17, 15) is 5.11 Å². The SMILES string of the molecule is CN1CCC(N(C)CC(O)C2CCCC2)CC1. The summed E-state index contributed by atoms with van der Waals surface area (Å²) in [6.45, 7) is 3.28. The Kier molecular flexibility index (Phi) is 4.83. The van der Waals surface area contributed by atoms with Gasteiger partial charge in [0.2, 0.25) is 0 Å². The van der Waals surface area contributed by atoms with Crippen LogP contribution < -0.4 is 0 Å². The summed E-state index contributed by atoms with van der Waals surface area (Å²) in [5.74, 6) is 0.573. The Morgan fingerprint density at radius 1 is 1.18 bits per heavy atom. The molecular weight excluding hydrogens is 212 g/mol. The number of aliphatic hydroxyl groups excluding tert-OH is 1. The lowest BCUT2D eigenvalue weighted by Gasteiger charge is -2.36. The highest BCUT2D eigenvalue weighted by atomic mass is 16.3. The minimum atomic E-state index is -0.0952. The van der Waals surface area contributed by atoms with Crippen LogP contribution in [0, 0.1) is 5.92 Å². The van der Waals surface area contributed by atoms with Crippen molar-refractivity contribution >= 4 is 0 Å². The van der Waals surface area contributed by atoms with E-state index in [0.29, 0.717) is 12.0 Å². The third-order valence-electron chi connectivity index (χ3n) is 4.73. The van der Waals surface area contributed by atoms with E-state index >= 15 is 0 Å².